The average Bonchev–Trinajstić information content (AvgIpc) is 3.33. The maximum absolute atomic E-state index is 6.27. The van der Waals surface area contributed by atoms with E-state index in [1.165, 1.54) is 5.56 Å². The van der Waals surface area contributed by atoms with Gasteiger partial charge in [0.25, 0.3) is 0 Å². The predicted molar refractivity (Wildman–Crippen MR) is 122 cm³/mol. The fourth-order valence-electron chi connectivity index (χ4n) is 3.47. The molecule has 0 amide bonds. The van der Waals surface area contributed by atoms with Crippen molar-refractivity contribution < 1.29 is 4.74 Å². The first-order valence-electron chi connectivity index (χ1n) is 9.89. The summed E-state index contributed by atoms with van der Waals surface area (Å²) >= 11 is 12.5. The van der Waals surface area contributed by atoms with Crippen molar-refractivity contribution in [2.24, 2.45) is 4.99 Å². The Morgan fingerprint density at radius 1 is 1.17 bits per heavy atom. The summed E-state index contributed by atoms with van der Waals surface area (Å²) in [5.74, 6) is 0.740. The third-order valence-corrected chi connectivity index (χ3v) is 5.53. The highest BCUT2D eigenvalue weighted by molar-refractivity contribution is 6.35. The van der Waals surface area contributed by atoms with Crippen molar-refractivity contribution in [1.29, 1.82) is 0 Å². The Morgan fingerprint density at radius 3 is 2.73 bits per heavy atom. The summed E-state index contributed by atoms with van der Waals surface area (Å²) < 4.78 is 8.09. The van der Waals surface area contributed by atoms with Gasteiger partial charge < -0.3 is 4.74 Å². The van der Waals surface area contributed by atoms with Crippen molar-refractivity contribution in [2.45, 2.75) is 39.5 Å². The monoisotopic (exact) mass is 440 g/mol. The lowest BCUT2D eigenvalue weighted by Gasteiger charge is -2.18. The van der Waals surface area contributed by atoms with Crippen LogP contribution in [-0.2, 0) is 13.1 Å². The van der Waals surface area contributed by atoms with Crippen LogP contribution in [0.5, 0.6) is 5.75 Å². The molecule has 0 saturated carbocycles. The number of hydrogen-bond acceptors (Lipinski definition) is 4. The summed E-state index contributed by atoms with van der Waals surface area (Å²) in [5, 5.41) is 5.35. The smallest absolute Gasteiger partial charge is 0.124 e. The molecule has 154 valence electrons. The Morgan fingerprint density at radius 2 is 1.97 bits per heavy atom. The number of allylic oxidation sites excluding steroid dienone is 1. The van der Waals surface area contributed by atoms with Gasteiger partial charge in [0, 0.05) is 41.8 Å². The van der Waals surface area contributed by atoms with Crippen LogP contribution in [0, 0.1) is 0 Å². The summed E-state index contributed by atoms with van der Waals surface area (Å²) in [6, 6.07) is 6.03. The van der Waals surface area contributed by atoms with Crippen LogP contribution in [0.4, 0.5) is 0 Å². The molecular formula is C23H22Cl2N4O. The van der Waals surface area contributed by atoms with Crippen LogP contribution in [0.2, 0.25) is 10.0 Å². The minimum Gasteiger partial charge on any atom is -0.486 e. The highest BCUT2D eigenvalue weighted by Crippen LogP contribution is 2.33. The normalized spacial score (nSPS) is 14.1. The topological polar surface area (TPSA) is 52.3 Å². The molecule has 0 bridgehead atoms. The van der Waals surface area contributed by atoms with Crippen LogP contribution in [-0.4, -0.2) is 20.5 Å². The second kappa shape index (κ2) is 9.02. The summed E-state index contributed by atoms with van der Waals surface area (Å²) in [6.45, 7) is 5.64. The van der Waals surface area contributed by atoms with Crippen molar-refractivity contribution in [2.75, 3.05) is 0 Å². The minimum absolute atomic E-state index is 0.312. The van der Waals surface area contributed by atoms with E-state index in [-0.39, 0.29) is 6.10 Å². The third kappa shape index (κ3) is 4.42. The van der Waals surface area contributed by atoms with E-state index in [4.69, 9.17) is 27.9 Å². The zero-order chi connectivity index (χ0) is 21.1. The van der Waals surface area contributed by atoms with Gasteiger partial charge in [0.1, 0.15) is 11.9 Å². The molecule has 0 fully saturated rings. The molecule has 7 heteroatoms. The fraction of sp³-hybridized carbons (Fsp3) is 0.261. The molecule has 0 saturated heterocycles. The maximum Gasteiger partial charge on any atom is 0.124 e. The van der Waals surface area contributed by atoms with Crippen LogP contribution in [0.1, 0.15) is 48.6 Å². The van der Waals surface area contributed by atoms with Gasteiger partial charge in [-0.25, -0.2) is 0 Å². The summed E-state index contributed by atoms with van der Waals surface area (Å²) in [6.07, 6.45) is 11.9. The Labute approximate surface area is 186 Å². The van der Waals surface area contributed by atoms with Gasteiger partial charge in [0.2, 0.25) is 0 Å². The molecule has 4 rings (SSSR count). The number of pyridine rings is 1. The van der Waals surface area contributed by atoms with Crippen LogP contribution in [0.3, 0.4) is 0 Å². The molecule has 0 unspecified atom stereocenters. The number of ether oxygens (including phenoxy) is 1. The van der Waals surface area contributed by atoms with Crippen LogP contribution in [0.15, 0.2) is 54.1 Å². The fourth-order valence-corrected chi connectivity index (χ4v) is 4.14. The Kier molecular flexibility index (Phi) is 6.21. The summed E-state index contributed by atoms with van der Waals surface area (Å²) in [5.41, 5.74) is 4.97. The molecule has 5 nitrogen and oxygen atoms in total. The van der Waals surface area contributed by atoms with Gasteiger partial charge in [-0.2, -0.15) is 5.10 Å². The average molecular weight is 441 g/mol. The molecule has 0 spiro atoms. The first-order valence-corrected chi connectivity index (χ1v) is 10.6. The maximum atomic E-state index is 6.27. The zero-order valence-corrected chi connectivity index (χ0v) is 18.4. The molecule has 30 heavy (non-hydrogen) atoms. The van der Waals surface area contributed by atoms with E-state index in [0.717, 1.165) is 41.1 Å². The van der Waals surface area contributed by atoms with Crippen LogP contribution >= 0.6 is 23.2 Å². The van der Waals surface area contributed by atoms with Gasteiger partial charge in [-0.3, -0.25) is 14.7 Å². The van der Waals surface area contributed by atoms with Crippen molar-refractivity contribution >= 4 is 35.0 Å². The Hall–Kier alpha value is -2.63. The van der Waals surface area contributed by atoms with E-state index < -0.39 is 0 Å². The van der Waals surface area contributed by atoms with Crippen molar-refractivity contribution in [3.8, 4) is 5.75 Å². The second-order valence-corrected chi connectivity index (χ2v) is 7.98. The zero-order valence-electron chi connectivity index (χ0n) is 16.8. The van der Waals surface area contributed by atoms with E-state index in [9.17, 15) is 0 Å². The molecule has 1 aliphatic rings. The Balaban J connectivity index is 1.52. The van der Waals surface area contributed by atoms with E-state index in [0.29, 0.717) is 16.6 Å². The number of aliphatic imine (C=N–C) groups is 1. The number of hydrogen-bond donors (Lipinski definition) is 0. The molecule has 0 aliphatic carbocycles. The van der Waals surface area contributed by atoms with Gasteiger partial charge in [-0.1, -0.05) is 36.2 Å². The highest BCUT2D eigenvalue weighted by atomic mass is 35.5. The molecule has 0 N–H and O–H groups in total. The number of rotatable bonds is 7. The van der Waals surface area contributed by atoms with Gasteiger partial charge >= 0.3 is 0 Å². The molecule has 0 radical (unpaired) electrons. The third-order valence-electron chi connectivity index (χ3n) is 4.93. The van der Waals surface area contributed by atoms with E-state index >= 15 is 0 Å². The first kappa shape index (κ1) is 20.6. The molecule has 2 aromatic heterocycles. The largest absolute Gasteiger partial charge is 0.486 e. The predicted octanol–water partition coefficient (Wildman–Crippen LogP) is 6.15. The van der Waals surface area contributed by atoms with E-state index in [2.05, 4.69) is 28.1 Å². The lowest BCUT2D eigenvalue weighted by Crippen LogP contribution is -2.06. The van der Waals surface area contributed by atoms with Crippen molar-refractivity contribution in [3.05, 3.63) is 81.4 Å². The molecule has 1 atom stereocenters. The van der Waals surface area contributed by atoms with E-state index in [1.54, 1.807) is 12.4 Å². The van der Waals surface area contributed by atoms with Crippen molar-refractivity contribution in [3.63, 3.8) is 0 Å². The number of aromatic nitrogens is 3. The van der Waals surface area contributed by atoms with Gasteiger partial charge in [0.05, 0.1) is 28.5 Å². The summed E-state index contributed by atoms with van der Waals surface area (Å²) in [4.78, 5) is 8.66. The molecular weight excluding hydrogens is 419 g/mol. The second-order valence-electron chi connectivity index (χ2n) is 7.17. The lowest BCUT2D eigenvalue weighted by atomic mass is 10.0. The summed E-state index contributed by atoms with van der Waals surface area (Å²) in [7, 11) is 0. The molecule has 1 aliphatic heterocycles. The molecule has 1 aromatic carbocycles. The highest BCUT2D eigenvalue weighted by Gasteiger charge is 2.19. The van der Waals surface area contributed by atoms with Gasteiger partial charge in [-0.15, -0.1) is 0 Å². The first-order chi connectivity index (χ1) is 14.5. The molecule has 3 aromatic rings. The van der Waals surface area contributed by atoms with Gasteiger partial charge in [-0.05, 0) is 43.2 Å². The number of aryl methyl sites for hydroxylation is 1. The number of fused-ring (bicyclic) bond motifs is 1. The van der Waals surface area contributed by atoms with E-state index in [1.807, 2.05) is 48.3 Å². The molecule has 3 heterocycles. The standard InChI is InChI=1S/C23H22Cl2N4O/c1-3-8-29-14-16(10-28-29)4-7-22-19-9-18(6-5-17(19)11-27-22)30-15(2)23-20(24)12-26-13-21(23)25/h4-7,9-10,12-15H,3,8,11H2,1-2H3/b7-4+/t15-/m1/s1. The van der Waals surface area contributed by atoms with Crippen molar-refractivity contribution in [1.82, 2.24) is 14.8 Å². The number of halogens is 2. The SMILES string of the molecule is CCCn1cc(/C=C/C2=NCc3ccc(O[C@H](C)c4c(Cl)cncc4Cl)cc32)cn1. The van der Waals surface area contributed by atoms with Crippen LogP contribution in [0.25, 0.3) is 6.08 Å². The van der Waals surface area contributed by atoms with Crippen LogP contribution < -0.4 is 4.74 Å². The minimum atomic E-state index is -0.312. The number of benzene rings is 1. The quantitative estimate of drug-likeness (QED) is 0.442. The lowest BCUT2D eigenvalue weighted by molar-refractivity contribution is 0.227. The number of nitrogens with zero attached hydrogens (tertiary/aromatic N) is 4. The Bertz CT molecular complexity index is 1100. The van der Waals surface area contributed by atoms with Gasteiger partial charge in [0.15, 0.2) is 0 Å².